The number of amides is 2. The number of hydrogen-bond donors (Lipinski definition) is 2. The van der Waals surface area contributed by atoms with E-state index in [-0.39, 0.29) is 23.9 Å². The Bertz CT molecular complexity index is 1160. The minimum Gasteiger partial charge on any atom is -0.326 e. The molecule has 7 nitrogen and oxygen atoms in total. The Hall–Kier alpha value is -3.00. The van der Waals surface area contributed by atoms with Crippen LogP contribution < -0.4 is 16.2 Å². The molecule has 2 aromatic heterocycles. The number of aromatic nitrogens is 2. The van der Waals surface area contributed by atoms with E-state index in [9.17, 15) is 14.4 Å². The molecule has 0 saturated heterocycles. The van der Waals surface area contributed by atoms with Gasteiger partial charge in [-0.05, 0) is 48.9 Å². The number of hydrogen-bond acceptors (Lipinski definition) is 5. The zero-order valence-electron chi connectivity index (χ0n) is 16.3. The Labute approximate surface area is 171 Å². The third-order valence-corrected chi connectivity index (χ3v) is 6.23. The maximum absolute atomic E-state index is 13.0. The van der Waals surface area contributed by atoms with Crippen molar-refractivity contribution in [2.24, 2.45) is 5.92 Å². The van der Waals surface area contributed by atoms with Crippen LogP contribution in [-0.2, 0) is 29.0 Å². The minimum absolute atomic E-state index is 0.118. The molecular formula is C21H22N4O3S. The summed E-state index contributed by atoms with van der Waals surface area (Å²) in [5.74, 6) is 0.107. The number of nitrogens with zero attached hydrogens (tertiary/aromatic N) is 2. The lowest BCUT2D eigenvalue weighted by Gasteiger charge is -2.17. The lowest BCUT2D eigenvalue weighted by Crippen LogP contribution is -2.28. The average molecular weight is 410 g/mol. The molecule has 2 N–H and O–H groups in total. The Morgan fingerprint density at radius 2 is 2.03 bits per heavy atom. The van der Waals surface area contributed by atoms with E-state index in [4.69, 9.17) is 0 Å². The first-order chi connectivity index (χ1) is 13.9. The molecular weight excluding hydrogens is 388 g/mol. The number of carbonyl (C=O) groups is 2. The van der Waals surface area contributed by atoms with Gasteiger partial charge in [0.25, 0.3) is 5.56 Å². The minimum atomic E-state index is -0.328. The zero-order chi connectivity index (χ0) is 20.5. The van der Waals surface area contributed by atoms with E-state index >= 15 is 0 Å². The van der Waals surface area contributed by atoms with E-state index < -0.39 is 0 Å². The quantitative estimate of drug-likeness (QED) is 0.691. The molecule has 0 fully saturated rings. The highest BCUT2D eigenvalue weighted by atomic mass is 32.1. The van der Waals surface area contributed by atoms with Crippen LogP contribution in [0.4, 0.5) is 11.4 Å². The Balaban J connectivity index is 1.55. The molecule has 4 rings (SSSR count). The highest BCUT2D eigenvalue weighted by Gasteiger charge is 2.23. The van der Waals surface area contributed by atoms with Gasteiger partial charge in [-0.2, -0.15) is 0 Å². The standard InChI is InChI=1S/C21H22N4O3S/c1-12-6-7-16-17(8-12)29-20-19(16)21(28)25(11-22-20)10-18(27)24-15-5-3-4-14(9-15)23-13(2)26/h3-5,9,11-12H,6-8,10H2,1-2H3,(H,23,26)(H,24,27)/t12-/m0/s1. The molecule has 1 aliphatic rings. The SMILES string of the molecule is CC(=O)Nc1cccc(NC(=O)Cn2cnc3sc4c(c3c2=O)CC[C@H](C)C4)c1. The topological polar surface area (TPSA) is 93.1 Å². The van der Waals surface area contributed by atoms with Crippen LogP contribution in [0.2, 0.25) is 0 Å². The number of carbonyl (C=O) groups excluding carboxylic acids is 2. The number of aryl methyl sites for hydroxylation is 1. The van der Waals surface area contributed by atoms with E-state index in [0.29, 0.717) is 22.7 Å². The van der Waals surface area contributed by atoms with Crippen molar-refractivity contribution in [3.63, 3.8) is 0 Å². The fourth-order valence-corrected chi connectivity index (χ4v) is 5.05. The summed E-state index contributed by atoms with van der Waals surface area (Å²) in [6, 6.07) is 6.86. The largest absolute Gasteiger partial charge is 0.326 e. The lowest BCUT2D eigenvalue weighted by molar-refractivity contribution is -0.117. The smallest absolute Gasteiger partial charge is 0.262 e. The lowest BCUT2D eigenvalue weighted by atomic mass is 9.89. The van der Waals surface area contributed by atoms with Crippen molar-refractivity contribution in [3.8, 4) is 0 Å². The first kappa shape index (κ1) is 19.3. The van der Waals surface area contributed by atoms with Crippen LogP contribution >= 0.6 is 11.3 Å². The molecule has 29 heavy (non-hydrogen) atoms. The Kier molecular flexibility index (Phi) is 5.19. The summed E-state index contributed by atoms with van der Waals surface area (Å²) in [7, 11) is 0. The van der Waals surface area contributed by atoms with Crippen molar-refractivity contribution < 1.29 is 9.59 Å². The van der Waals surface area contributed by atoms with Gasteiger partial charge in [0.05, 0.1) is 11.7 Å². The Morgan fingerprint density at radius 3 is 2.79 bits per heavy atom. The number of nitrogens with one attached hydrogen (secondary N) is 2. The predicted octanol–water partition coefficient (Wildman–Crippen LogP) is 3.18. The van der Waals surface area contributed by atoms with Crippen molar-refractivity contribution >= 4 is 44.7 Å². The molecule has 1 aromatic carbocycles. The van der Waals surface area contributed by atoms with Gasteiger partial charge in [-0.1, -0.05) is 13.0 Å². The van der Waals surface area contributed by atoms with Crippen molar-refractivity contribution in [3.05, 3.63) is 51.4 Å². The summed E-state index contributed by atoms with van der Waals surface area (Å²) in [5, 5.41) is 6.10. The normalized spacial score (nSPS) is 15.7. The van der Waals surface area contributed by atoms with Gasteiger partial charge < -0.3 is 10.6 Å². The fraction of sp³-hybridized carbons (Fsp3) is 0.333. The second kappa shape index (κ2) is 7.79. The molecule has 2 heterocycles. The fourth-order valence-electron chi connectivity index (χ4n) is 3.71. The number of benzene rings is 1. The van der Waals surface area contributed by atoms with Gasteiger partial charge in [0.15, 0.2) is 0 Å². The highest BCUT2D eigenvalue weighted by Crippen LogP contribution is 2.35. The molecule has 0 aliphatic heterocycles. The van der Waals surface area contributed by atoms with Gasteiger partial charge in [-0.25, -0.2) is 4.98 Å². The van der Waals surface area contributed by atoms with Crippen molar-refractivity contribution in [1.82, 2.24) is 9.55 Å². The summed E-state index contributed by atoms with van der Waals surface area (Å²) in [6.45, 7) is 3.53. The summed E-state index contributed by atoms with van der Waals surface area (Å²) >= 11 is 1.59. The van der Waals surface area contributed by atoms with Crippen LogP contribution in [0.3, 0.4) is 0 Å². The Morgan fingerprint density at radius 1 is 1.28 bits per heavy atom. The average Bonchev–Trinajstić information content (AvgIpc) is 3.02. The zero-order valence-corrected chi connectivity index (χ0v) is 17.1. The van der Waals surface area contributed by atoms with Crippen LogP contribution in [-0.4, -0.2) is 21.4 Å². The molecule has 0 spiro atoms. The number of rotatable bonds is 4. The number of anilines is 2. The van der Waals surface area contributed by atoms with Crippen LogP contribution in [0.1, 0.15) is 30.7 Å². The van der Waals surface area contributed by atoms with Gasteiger partial charge in [0.2, 0.25) is 11.8 Å². The molecule has 1 atom stereocenters. The molecule has 1 aliphatic carbocycles. The molecule has 0 saturated carbocycles. The van der Waals surface area contributed by atoms with Gasteiger partial charge in [0, 0.05) is 23.2 Å². The second-order valence-corrected chi connectivity index (χ2v) is 8.60. The molecule has 8 heteroatoms. The predicted molar refractivity (Wildman–Crippen MR) is 114 cm³/mol. The molecule has 0 unspecified atom stereocenters. The van der Waals surface area contributed by atoms with Crippen molar-refractivity contribution in [2.45, 2.75) is 39.7 Å². The summed E-state index contributed by atoms with van der Waals surface area (Å²) in [6.07, 6.45) is 4.39. The van der Waals surface area contributed by atoms with E-state index in [1.807, 2.05) is 0 Å². The first-order valence-electron chi connectivity index (χ1n) is 9.58. The molecule has 0 bridgehead atoms. The van der Waals surface area contributed by atoms with Gasteiger partial charge >= 0.3 is 0 Å². The summed E-state index contributed by atoms with van der Waals surface area (Å²) in [4.78, 5) is 43.1. The molecule has 2 amide bonds. The van der Waals surface area contributed by atoms with E-state index in [1.54, 1.807) is 35.6 Å². The monoisotopic (exact) mass is 410 g/mol. The highest BCUT2D eigenvalue weighted by molar-refractivity contribution is 7.18. The molecule has 0 radical (unpaired) electrons. The number of fused-ring (bicyclic) bond motifs is 3. The second-order valence-electron chi connectivity index (χ2n) is 7.52. The maximum Gasteiger partial charge on any atom is 0.262 e. The summed E-state index contributed by atoms with van der Waals surface area (Å²) in [5.41, 5.74) is 2.09. The summed E-state index contributed by atoms with van der Waals surface area (Å²) < 4.78 is 1.36. The van der Waals surface area contributed by atoms with Crippen molar-refractivity contribution in [1.29, 1.82) is 0 Å². The van der Waals surface area contributed by atoms with E-state index in [0.717, 1.165) is 29.7 Å². The van der Waals surface area contributed by atoms with Crippen LogP contribution in [0.15, 0.2) is 35.4 Å². The number of thiophene rings is 1. The first-order valence-corrected chi connectivity index (χ1v) is 10.4. The van der Waals surface area contributed by atoms with Gasteiger partial charge in [0.1, 0.15) is 11.4 Å². The third-order valence-electron chi connectivity index (χ3n) is 5.06. The van der Waals surface area contributed by atoms with Crippen LogP contribution in [0.5, 0.6) is 0 Å². The van der Waals surface area contributed by atoms with E-state index in [1.165, 1.54) is 22.7 Å². The van der Waals surface area contributed by atoms with Crippen molar-refractivity contribution in [2.75, 3.05) is 10.6 Å². The third kappa shape index (κ3) is 4.07. The van der Waals surface area contributed by atoms with Crippen LogP contribution in [0, 0.1) is 5.92 Å². The molecule has 3 aromatic rings. The van der Waals surface area contributed by atoms with Crippen LogP contribution in [0.25, 0.3) is 10.2 Å². The van der Waals surface area contributed by atoms with E-state index in [2.05, 4.69) is 22.5 Å². The van der Waals surface area contributed by atoms with Gasteiger partial charge in [-0.3, -0.25) is 19.0 Å². The van der Waals surface area contributed by atoms with Gasteiger partial charge in [-0.15, -0.1) is 11.3 Å². The molecule has 150 valence electrons. The maximum atomic E-state index is 13.0.